The second-order valence-corrected chi connectivity index (χ2v) is 9.43. The number of benzene rings is 1. The van der Waals surface area contributed by atoms with Crippen LogP contribution in [0.1, 0.15) is 35.4 Å². The van der Waals surface area contributed by atoms with Gasteiger partial charge in [-0.25, -0.2) is 14.6 Å². The molecule has 3 aromatic rings. The SMILES string of the molecule is CCOC(=O)C1=C(Cn2cnc3sc4c(c3c2=O)CCC4)NC(=O)NC1c1ccc(Cl)cc1. The molecule has 1 aliphatic carbocycles. The van der Waals surface area contributed by atoms with E-state index in [1.807, 2.05) is 0 Å². The maximum Gasteiger partial charge on any atom is 0.338 e. The summed E-state index contributed by atoms with van der Waals surface area (Å²) in [6.45, 7) is 1.87. The Morgan fingerprint density at radius 1 is 1.27 bits per heavy atom. The number of ether oxygens (including phenoxy) is 1. The fraction of sp³-hybridized carbons (Fsp3) is 0.304. The molecular formula is C23H21ClN4O4S. The van der Waals surface area contributed by atoms with Gasteiger partial charge in [-0.1, -0.05) is 23.7 Å². The minimum atomic E-state index is -0.747. The number of thiophene rings is 1. The third-order valence-corrected chi connectivity index (χ3v) is 7.32. The molecule has 8 nitrogen and oxygen atoms in total. The predicted molar refractivity (Wildman–Crippen MR) is 125 cm³/mol. The smallest absolute Gasteiger partial charge is 0.338 e. The Bertz CT molecular complexity index is 1360. The van der Waals surface area contributed by atoms with Gasteiger partial charge in [0, 0.05) is 9.90 Å². The van der Waals surface area contributed by atoms with Crippen LogP contribution in [-0.2, 0) is 28.9 Å². The van der Waals surface area contributed by atoms with E-state index >= 15 is 0 Å². The number of urea groups is 1. The van der Waals surface area contributed by atoms with E-state index in [1.54, 1.807) is 42.5 Å². The van der Waals surface area contributed by atoms with Crippen LogP contribution in [0.15, 0.2) is 46.7 Å². The number of nitrogens with one attached hydrogen (secondary N) is 2. The zero-order chi connectivity index (χ0) is 23.1. The number of esters is 1. The molecule has 10 heteroatoms. The lowest BCUT2D eigenvalue weighted by Crippen LogP contribution is -2.47. The second-order valence-electron chi connectivity index (χ2n) is 7.91. The van der Waals surface area contributed by atoms with Gasteiger partial charge in [0.05, 0.1) is 42.2 Å². The van der Waals surface area contributed by atoms with Crippen LogP contribution >= 0.6 is 22.9 Å². The van der Waals surface area contributed by atoms with Crippen molar-refractivity contribution in [3.8, 4) is 0 Å². The van der Waals surface area contributed by atoms with Crippen LogP contribution in [-0.4, -0.2) is 28.2 Å². The fourth-order valence-corrected chi connectivity index (χ4v) is 5.75. The molecule has 33 heavy (non-hydrogen) atoms. The molecule has 2 aromatic heterocycles. The Kier molecular flexibility index (Phi) is 5.67. The standard InChI is InChI=1S/C23H21ClN4O4S/c1-2-32-22(30)18-15(26-23(31)27-19(18)12-6-8-13(24)9-7-12)10-28-11-25-20-17(21(28)29)14-4-3-5-16(14)33-20/h6-9,11,19H,2-5,10H2,1H3,(H2,26,27,31). The van der Waals surface area contributed by atoms with Crippen molar-refractivity contribution in [2.24, 2.45) is 0 Å². The number of aromatic nitrogens is 2. The van der Waals surface area contributed by atoms with E-state index in [1.165, 1.54) is 15.8 Å². The van der Waals surface area contributed by atoms with Gasteiger partial charge < -0.3 is 15.4 Å². The van der Waals surface area contributed by atoms with Crippen LogP contribution in [0.4, 0.5) is 4.79 Å². The van der Waals surface area contributed by atoms with Gasteiger partial charge in [-0.15, -0.1) is 11.3 Å². The molecule has 0 saturated carbocycles. The highest BCUT2D eigenvalue weighted by Crippen LogP contribution is 2.34. The highest BCUT2D eigenvalue weighted by atomic mass is 35.5. The maximum absolute atomic E-state index is 13.3. The summed E-state index contributed by atoms with van der Waals surface area (Å²) in [4.78, 5) is 45.3. The van der Waals surface area contributed by atoms with Crippen molar-refractivity contribution in [3.63, 3.8) is 0 Å². The van der Waals surface area contributed by atoms with Gasteiger partial charge in [-0.05, 0) is 49.4 Å². The summed E-state index contributed by atoms with van der Waals surface area (Å²) in [6, 6.07) is 5.63. The van der Waals surface area contributed by atoms with E-state index in [4.69, 9.17) is 16.3 Å². The summed E-state index contributed by atoms with van der Waals surface area (Å²) in [6.07, 6.45) is 4.34. The highest BCUT2D eigenvalue weighted by molar-refractivity contribution is 7.18. The molecule has 2 amide bonds. The van der Waals surface area contributed by atoms with Crippen molar-refractivity contribution in [2.45, 2.75) is 38.8 Å². The quantitative estimate of drug-likeness (QED) is 0.540. The maximum atomic E-state index is 13.3. The topological polar surface area (TPSA) is 102 Å². The first-order valence-corrected chi connectivity index (χ1v) is 11.9. The van der Waals surface area contributed by atoms with Crippen LogP contribution in [0.25, 0.3) is 10.2 Å². The number of halogens is 1. The summed E-state index contributed by atoms with van der Waals surface area (Å²) in [5.74, 6) is -0.571. The largest absolute Gasteiger partial charge is 0.463 e. The Morgan fingerprint density at radius 3 is 2.82 bits per heavy atom. The number of carbonyl (C=O) groups excluding carboxylic acids is 2. The number of aryl methyl sites for hydroxylation is 2. The lowest BCUT2D eigenvalue weighted by atomic mass is 9.95. The number of nitrogens with zero attached hydrogens (tertiary/aromatic N) is 2. The molecule has 0 radical (unpaired) electrons. The van der Waals surface area contributed by atoms with E-state index < -0.39 is 18.0 Å². The summed E-state index contributed by atoms with van der Waals surface area (Å²) in [5, 5.41) is 6.66. The van der Waals surface area contributed by atoms with Gasteiger partial charge in [0.15, 0.2) is 0 Å². The van der Waals surface area contributed by atoms with Gasteiger partial charge in [-0.2, -0.15) is 0 Å². The number of allylic oxidation sites excluding steroid dienone is 1. The molecule has 1 unspecified atom stereocenters. The zero-order valence-electron chi connectivity index (χ0n) is 17.8. The predicted octanol–water partition coefficient (Wildman–Crippen LogP) is 3.47. The second kappa shape index (κ2) is 8.64. The van der Waals surface area contributed by atoms with Crippen molar-refractivity contribution in [1.29, 1.82) is 0 Å². The molecule has 2 N–H and O–H groups in total. The lowest BCUT2D eigenvalue weighted by molar-refractivity contribution is -0.139. The zero-order valence-corrected chi connectivity index (χ0v) is 19.4. The Morgan fingerprint density at radius 2 is 2.06 bits per heavy atom. The monoisotopic (exact) mass is 484 g/mol. The Hall–Kier alpha value is -3.17. The van der Waals surface area contributed by atoms with Gasteiger partial charge in [0.2, 0.25) is 0 Å². The third-order valence-electron chi connectivity index (χ3n) is 5.87. The first-order valence-electron chi connectivity index (χ1n) is 10.7. The number of hydrogen-bond donors (Lipinski definition) is 2. The van der Waals surface area contributed by atoms with Crippen molar-refractivity contribution in [1.82, 2.24) is 20.2 Å². The van der Waals surface area contributed by atoms with E-state index in [0.29, 0.717) is 21.7 Å². The van der Waals surface area contributed by atoms with E-state index in [-0.39, 0.29) is 24.3 Å². The number of rotatable bonds is 5. The van der Waals surface area contributed by atoms with Crippen molar-refractivity contribution in [3.05, 3.63) is 73.2 Å². The molecule has 1 aliphatic heterocycles. The molecule has 0 fully saturated rings. The first kappa shape index (κ1) is 21.7. The minimum absolute atomic E-state index is 0.0158. The first-order chi connectivity index (χ1) is 16.0. The average molecular weight is 485 g/mol. The summed E-state index contributed by atoms with van der Waals surface area (Å²) >= 11 is 7.58. The van der Waals surface area contributed by atoms with Gasteiger partial charge in [-0.3, -0.25) is 9.36 Å². The molecule has 0 saturated heterocycles. The van der Waals surface area contributed by atoms with Crippen molar-refractivity contribution < 1.29 is 14.3 Å². The molecule has 170 valence electrons. The fourth-order valence-electron chi connectivity index (χ4n) is 4.40. The summed E-state index contributed by atoms with van der Waals surface area (Å²) in [7, 11) is 0. The lowest BCUT2D eigenvalue weighted by Gasteiger charge is -2.29. The molecule has 0 spiro atoms. The highest BCUT2D eigenvalue weighted by Gasteiger charge is 2.34. The van der Waals surface area contributed by atoms with Crippen molar-refractivity contribution >= 4 is 45.2 Å². The van der Waals surface area contributed by atoms with Gasteiger partial charge in [0.25, 0.3) is 5.56 Å². The normalized spacial score (nSPS) is 17.6. The van der Waals surface area contributed by atoms with Crippen LogP contribution in [0.3, 0.4) is 0 Å². The number of hydrogen-bond acceptors (Lipinski definition) is 6. The van der Waals surface area contributed by atoms with Crippen molar-refractivity contribution in [2.75, 3.05) is 6.61 Å². The average Bonchev–Trinajstić information content (AvgIpc) is 3.37. The Balaban J connectivity index is 1.61. The number of fused-ring (bicyclic) bond motifs is 3. The number of amides is 2. The van der Waals surface area contributed by atoms with Gasteiger partial charge >= 0.3 is 12.0 Å². The van der Waals surface area contributed by atoms with E-state index in [0.717, 1.165) is 29.7 Å². The van der Waals surface area contributed by atoms with Crippen LogP contribution in [0.2, 0.25) is 5.02 Å². The Labute approximate surface area is 198 Å². The van der Waals surface area contributed by atoms with Crippen LogP contribution < -0.4 is 16.2 Å². The van der Waals surface area contributed by atoms with Crippen LogP contribution in [0, 0.1) is 0 Å². The molecular weight excluding hydrogens is 464 g/mol. The summed E-state index contributed by atoms with van der Waals surface area (Å²) < 4.78 is 6.73. The molecule has 2 aliphatic rings. The molecule has 1 atom stereocenters. The van der Waals surface area contributed by atoms with E-state index in [2.05, 4.69) is 15.6 Å². The third kappa shape index (κ3) is 3.91. The van der Waals surface area contributed by atoms with E-state index in [9.17, 15) is 14.4 Å². The van der Waals surface area contributed by atoms with Crippen LogP contribution in [0.5, 0.6) is 0 Å². The minimum Gasteiger partial charge on any atom is -0.463 e. The number of carbonyl (C=O) groups is 2. The van der Waals surface area contributed by atoms with Gasteiger partial charge in [0.1, 0.15) is 4.83 Å². The molecule has 3 heterocycles. The molecule has 0 bridgehead atoms. The summed E-state index contributed by atoms with van der Waals surface area (Å²) in [5.41, 5.74) is 2.11. The molecule has 5 rings (SSSR count). The molecule has 1 aromatic carbocycles.